The van der Waals surface area contributed by atoms with Gasteiger partial charge >= 0.3 is 0 Å². The van der Waals surface area contributed by atoms with Crippen molar-refractivity contribution < 1.29 is 13.2 Å². The van der Waals surface area contributed by atoms with Crippen LogP contribution in [0.4, 0.5) is 0 Å². The lowest BCUT2D eigenvalue weighted by atomic mass is 10.2. The van der Waals surface area contributed by atoms with E-state index in [-0.39, 0.29) is 16.8 Å². The summed E-state index contributed by atoms with van der Waals surface area (Å²) in [7, 11) is -3.20. The second-order valence-electron chi connectivity index (χ2n) is 3.92. The molecule has 0 saturated carbocycles. The molecule has 0 radical (unpaired) electrons. The number of nitrogens with one attached hydrogen (secondary N) is 1. The van der Waals surface area contributed by atoms with Gasteiger partial charge in [-0.25, -0.2) is 8.42 Å². The molecule has 88 valence electrons. The third-order valence-electron chi connectivity index (χ3n) is 1.96. The molecule has 1 N–H and O–H groups in total. The number of benzene rings is 1. The zero-order valence-electron chi connectivity index (χ0n) is 9.52. The average Bonchev–Trinajstić information content (AvgIpc) is 2.15. The molecule has 5 heteroatoms. The summed E-state index contributed by atoms with van der Waals surface area (Å²) in [5, 5.41) is 2.73. The molecule has 0 bridgehead atoms. The van der Waals surface area contributed by atoms with E-state index in [0.717, 1.165) is 6.26 Å². The van der Waals surface area contributed by atoms with Gasteiger partial charge in [0.1, 0.15) is 0 Å². The summed E-state index contributed by atoms with van der Waals surface area (Å²) in [6.07, 6.45) is 1.14. The van der Waals surface area contributed by atoms with Gasteiger partial charge in [0.2, 0.25) is 0 Å². The lowest BCUT2D eigenvalue weighted by molar-refractivity contribution is 0.0943. The van der Waals surface area contributed by atoms with Gasteiger partial charge in [-0.2, -0.15) is 0 Å². The number of carbonyl (C=O) groups is 1. The fraction of sp³-hybridized carbons (Fsp3) is 0.364. The Morgan fingerprint density at radius 3 is 2.06 bits per heavy atom. The quantitative estimate of drug-likeness (QED) is 0.865. The lowest BCUT2D eigenvalue weighted by Gasteiger charge is -2.08. The van der Waals surface area contributed by atoms with E-state index in [2.05, 4.69) is 5.32 Å². The van der Waals surface area contributed by atoms with Crippen molar-refractivity contribution in [2.75, 3.05) is 6.26 Å². The van der Waals surface area contributed by atoms with Crippen molar-refractivity contribution in [2.45, 2.75) is 24.8 Å². The number of sulfone groups is 1. The number of hydrogen-bond acceptors (Lipinski definition) is 3. The minimum atomic E-state index is -3.20. The second kappa shape index (κ2) is 4.65. The lowest BCUT2D eigenvalue weighted by Crippen LogP contribution is -2.30. The largest absolute Gasteiger partial charge is 0.350 e. The van der Waals surface area contributed by atoms with Crippen LogP contribution in [0, 0.1) is 0 Å². The predicted molar refractivity (Wildman–Crippen MR) is 62.2 cm³/mol. The molecule has 16 heavy (non-hydrogen) atoms. The highest BCUT2D eigenvalue weighted by atomic mass is 32.2. The minimum Gasteiger partial charge on any atom is -0.350 e. The summed E-state index contributed by atoms with van der Waals surface area (Å²) in [5.41, 5.74) is 0.459. The van der Waals surface area contributed by atoms with Crippen LogP contribution in [-0.4, -0.2) is 26.6 Å². The van der Waals surface area contributed by atoms with E-state index in [1.165, 1.54) is 24.3 Å². The van der Waals surface area contributed by atoms with Gasteiger partial charge in [0.25, 0.3) is 5.91 Å². The number of carbonyl (C=O) groups excluding carboxylic acids is 1. The maximum absolute atomic E-state index is 11.6. The van der Waals surface area contributed by atoms with Crippen LogP contribution in [0.15, 0.2) is 29.2 Å². The van der Waals surface area contributed by atoms with E-state index in [1.807, 2.05) is 13.8 Å². The first kappa shape index (κ1) is 12.7. The van der Waals surface area contributed by atoms with Crippen molar-refractivity contribution in [3.05, 3.63) is 29.8 Å². The maximum atomic E-state index is 11.6. The Morgan fingerprint density at radius 2 is 1.69 bits per heavy atom. The van der Waals surface area contributed by atoms with Crippen LogP contribution in [0.5, 0.6) is 0 Å². The standard InChI is InChI=1S/C11H15NO3S/c1-8(2)12-11(13)9-4-6-10(7-5-9)16(3,14)15/h4-8H,1-3H3,(H,12,13). The summed E-state index contributed by atoms with van der Waals surface area (Å²) >= 11 is 0. The van der Waals surface area contributed by atoms with Crippen LogP contribution in [-0.2, 0) is 9.84 Å². The molecule has 0 aliphatic rings. The molecule has 0 saturated heterocycles. The summed E-state index contributed by atoms with van der Waals surface area (Å²) < 4.78 is 22.4. The van der Waals surface area contributed by atoms with E-state index in [0.29, 0.717) is 5.56 Å². The number of amides is 1. The maximum Gasteiger partial charge on any atom is 0.251 e. The summed E-state index contributed by atoms with van der Waals surface area (Å²) in [4.78, 5) is 11.8. The van der Waals surface area contributed by atoms with Crippen molar-refractivity contribution in [2.24, 2.45) is 0 Å². The van der Waals surface area contributed by atoms with Crippen LogP contribution in [0.2, 0.25) is 0 Å². The van der Waals surface area contributed by atoms with Gasteiger partial charge in [-0.15, -0.1) is 0 Å². The minimum absolute atomic E-state index is 0.0575. The van der Waals surface area contributed by atoms with Crippen molar-refractivity contribution in [3.63, 3.8) is 0 Å². The summed E-state index contributed by atoms with van der Waals surface area (Å²) in [5.74, 6) is -0.199. The highest BCUT2D eigenvalue weighted by molar-refractivity contribution is 7.90. The molecule has 0 heterocycles. The fourth-order valence-corrected chi connectivity index (χ4v) is 1.83. The molecule has 0 aliphatic carbocycles. The molecule has 0 aromatic heterocycles. The summed E-state index contributed by atoms with van der Waals surface area (Å²) in [6.45, 7) is 3.73. The van der Waals surface area contributed by atoms with Crippen molar-refractivity contribution >= 4 is 15.7 Å². The Morgan fingerprint density at radius 1 is 1.19 bits per heavy atom. The van der Waals surface area contributed by atoms with Crippen LogP contribution >= 0.6 is 0 Å². The first-order valence-corrected chi connectivity index (χ1v) is 6.81. The van der Waals surface area contributed by atoms with Crippen molar-refractivity contribution in [1.82, 2.24) is 5.32 Å². The van der Waals surface area contributed by atoms with Gasteiger partial charge in [0, 0.05) is 17.9 Å². The first-order valence-electron chi connectivity index (χ1n) is 4.91. The van der Waals surface area contributed by atoms with E-state index in [1.54, 1.807) is 0 Å². The molecule has 4 nitrogen and oxygen atoms in total. The smallest absolute Gasteiger partial charge is 0.251 e. The van der Waals surface area contributed by atoms with E-state index < -0.39 is 9.84 Å². The molecule has 0 unspecified atom stereocenters. The monoisotopic (exact) mass is 241 g/mol. The van der Waals surface area contributed by atoms with Crippen molar-refractivity contribution in [1.29, 1.82) is 0 Å². The fourth-order valence-electron chi connectivity index (χ4n) is 1.20. The van der Waals surface area contributed by atoms with Gasteiger partial charge in [-0.3, -0.25) is 4.79 Å². The zero-order valence-corrected chi connectivity index (χ0v) is 10.3. The topological polar surface area (TPSA) is 63.2 Å². The molecule has 0 fully saturated rings. The van der Waals surface area contributed by atoms with Gasteiger partial charge in [0.05, 0.1) is 4.90 Å². The molecule has 0 atom stereocenters. The SMILES string of the molecule is CC(C)NC(=O)c1ccc(S(C)(=O)=O)cc1. The van der Waals surface area contributed by atoms with E-state index in [9.17, 15) is 13.2 Å². The third-order valence-corrected chi connectivity index (χ3v) is 3.09. The molecule has 1 aromatic rings. The molecule has 0 spiro atoms. The highest BCUT2D eigenvalue weighted by Crippen LogP contribution is 2.10. The first-order chi connectivity index (χ1) is 7.30. The Hall–Kier alpha value is -1.36. The van der Waals surface area contributed by atoms with Crippen LogP contribution in [0.25, 0.3) is 0 Å². The normalized spacial score (nSPS) is 11.5. The molecule has 1 rings (SSSR count). The molecule has 1 aromatic carbocycles. The molecule has 1 amide bonds. The van der Waals surface area contributed by atoms with Crippen LogP contribution in [0.3, 0.4) is 0 Å². The van der Waals surface area contributed by atoms with Gasteiger partial charge in [-0.05, 0) is 38.1 Å². The Kier molecular flexibility index (Phi) is 3.70. The third kappa shape index (κ3) is 3.34. The second-order valence-corrected chi connectivity index (χ2v) is 5.94. The molecular formula is C11H15NO3S. The highest BCUT2D eigenvalue weighted by Gasteiger charge is 2.10. The van der Waals surface area contributed by atoms with E-state index >= 15 is 0 Å². The number of hydrogen-bond donors (Lipinski definition) is 1. The Balaban J connectivity index is 2.92. The Bertz CT molecular complexity index is 474. The molecular weight excluding hydrogens is 226 g/mol. The van der Waals surface area contributed by atoms with Crippen LogP contribution < -0.4 is 5.32 Å². The zero-order chi connectivity index (χ0) is 12.3. The predicted octanol–water partition coefficient (Wildman–Crippen LogP) is 1.23. The van der Waals surface area contributed by atoms with E-state index in [4.69, 9.17) is 0 Å². The Labute approximate surface area is 95.6 Å². The molecule has 0 aliphatic heterocycles. The number of rotatable bonds is 3. The average molecular weight is 241 g/mol. The van der Waals surface area contributed by atoms with Crippen molar-refractivity contribution in [3.8, 4) is 0 Å². The van der Waals surface area contributed by atoms with Gasteiger partial charge in [0.15, 0.2) is 9.84 Å². The van der Waals surface area contributed by atoms with Gasteiger partial charge < -0.3 is 5.32 Å². The van der Waals surface area contributed by atoms with Gasteiger partial charge in [-0.1, -0.05) is 0 Å². The van der Waals surface area contributed by atoms with Crippen LogP contribution in [0.1, 0.15) is 24.2 Å². The summed E-state index contributed by atoms with van der Waals surface area (Å²) in [6, 6.07) is 5.94.